The molecule has 3 rings (SSSR count). The summed E-state index contributed by atoms with van der Waals surface area (Å²) in [5.74, 6) is 0.125. The highest BCUT2D eigenvalue weighted by Gasteiger charge is 2.21. The lowest BCUT2D eigenvalue weighted by Crippen LogP contribution is -2.47. The van der Waals surface area contributed by atoms with Gasteiger partial charge in [-0.25, -0.2) is 0 Å². The third-order valence-electron chi connectivity index (χ3n) is 5.06. The van der Waals surface area contributed by atoms with Gasteiger partial charge < -0.3 is 19.9 Å². The quantitative estimate of drug-likeness (QED) is 0.748. The van der Waals surface area contributed by atoms with Gasteiger partial charge in [-0.3, -0.25) is 9.59 Å². The highest BCUT2D eigenvalue weighted by molar-refractivity contribution is 6.34. The molecular formula is C22H25Cl2N3O3. The second-order valence-corrected chi connectivity index (χ2v) is 8.28. The molecule has 30 heavy (non-hydrogen) atoms. The number of nitrogens with one attached hydrogen (secondary N) is 1. The van der Waals surface area contributed by atoms with Crippen LogP contribution in [0.25, 0.3) is 0 Å². The molecule has 1 saturated heterocycles. The van der Waals surface area contributed by atoms with Gasteiger partial charge in [-0.15, -0.1) is 0 Å². The Morgan fingerprint density at radius 2 is 1.67 bits per heavy atom. The standard InChI is InChI=1S/C22H25Cl2N3O3/c1-14-10-17(11-15(2)21(14)24)30-13-20(28)25-19-12-16(4-5-18(19)23)22(29)27-8-6-26(3)7-9-27/h4-5,10-12H,6-9,13H2,1-3H3,(H,25,28). The molecule has 1 aliphatic rings. The van der Waals surface area contributed by atoms with Gasteiger partial charge in [0.15, 0.2) is 6.61 Å². The topological polar surface area (TPSA) is 61.9 Å². The highest BCUT2D eigenvalue weighted by Crippen LogP contribution is 2.26. The molecule has 2 aromatic carbocycles. The van der Waals surface area contributed by atoms with Crippen molar-refractivity contribution in [3.8, 4) is 5.75 Å². The summed E-state index contributed by atoms with van der Waals surface area (Å²) < 4.78 is 5.59. The monoisotopic (exact) mass is 449 g/mol. The van der Waals surface area contributed by atoms with E-state index in [1.54, 1.807) is 30.3 Å². The van der Waals surface area contributed by atoms with Gasteiger partial charge >= 0.3 is 0 Å². The van der Waals surface area contributed by atoms with Gasteiger partial charge in [0, 0.05) is 36.8 Å². The summed E-state index contributed by atoms with van der Waals surface area (Å²) in [6.45, 7) is 6.60. The van der Waals surface area contributed by atoms with Crippen molar-refractivity contribution < 1.29 is 14.3 Å². The smallest absolute Gasteiger partial charge is 0.262 e. The van der Waals surface area contributed by atoms with Crippen LogP contribution >= 0.6 is 23.2 Å². The Kier molecular flexibility index (Phi) is 7.23. The maximum atomic E-state index is 12.8. The molecule has 2 amide bonds. The van der Waals surface area contributed by atoms with E-state index in [-0.39, 0.29) is 18.4 Å². The number of rotatable bonds is 5. The molecule has 0 aromatic heterocycles. The van der Waals surface area contributed by atoms with Crippen molar-refractivity contribution in [2.75, 3.05) is 45.2 Å². The van der Waals surface area contributed by atoms with Crippen LogP contribution in [-0.2, 0) is 4.79 Å². The number of anilines is 1. The largest absolute Gasteiger partial charge is 0.484 e. The molecule has 0 aliphatic carbocycles. The number of piperazine rings is 1. The minimum atomic E-state index is -0.369. The summed E-state index contributed by atoms with van der Waals surface area (Å²) in [4.78, 5) is 29.1. The van der Waals surface area contributed by atoms with Crippen LogP contribution in [0, 0.1) is 13.8 Å². The van der Waals surface area contributed by atoms with Crippen LogP contribution < -0.4 is 10.1 Å². The van der Waals surface area contributed by atoms with E-state index < -0.39 is 0 Å². The number of likely N-dealkylation sites (N-methyl/N-ethyl adjacent to an activating group) is 1. The van der Waals surface area contributed by atoms with Crippen molar-refractivity contribution in [1.29, 1.82) is 0 Å². The minimum absolute atomic E-state index is 0.0707. The summed E-state index contributed by atoms with van der Waals surface area (Å²) in [6.07, 6.45) is 0. The van der Waals surface area contributed by atoms with Crippen molar-refractivity contribution in [1.82, 2.24) is 9.80 Å². The maximum Gasteiger partial charge on any atom is 0.262 e. The van der Waals surface area contributed by atoms with Crippen molar-refractivity contribution in [3.05, 3.63) is 57.1 Å². The Balaban J connectivity index is 1.64. The lowest BCUT2D eigenvalue weighted by molar-refractivity contribution is -0.118. The lowest BCUT2D eigenvalue weighted by Gasteiger charge is -2.32. The van der Waals surface area contributed by atoms with E-state index in [1.807, 2.05) is 25.8 Å². The number of ether oxygens (including phenoxy) is 1. The first-order chi connectivity index (χ1) is 14.2. The molecule has 0 radical (unpaired) electrons. The Hall–Kier alpha value is -2.28. The Bertz CT molecular complexity index is 934. The normalized spacial score (nSPS) is 14.5. The zero-order valence-electron chi connectivity index (χ0n) is 17.3. The third-order valence-corrected chi connectivity index (χ3v) is 5.98. The molecule has 0 unspecified atom stereocenters. The molecule has 1 fully saturated rings. The fourth-order valence-corrected chi connectivity index (χ4v) is 3.54. The lowest BCUT2D eigenvalue weighted by atomic mass is 10.1. The Morgan fingerprint density at radius 3 is 2.30 bits per heavy atom. The summed E-state index contributed by atoms with van der Waals surface area (Å²) in [6, 6.07) is 8.47. The first-order valence-electron chi connectivity index (χ1n) is 9.71. The van der Waals surface area contributed by atoms with E-state index in [2.05, 4.69) is 10.2 Å². The first kappa shape index (κ1) is 22.4. The fourth-order valence-electron chi connectivity index (χ4n) is 3.27. The number of nitrogens with zero attached hydrogens (tertiary/aromatic N) is 2. The van der Waals surface area contributed by atoms with Gasteiger partial charge in [-0.05, 0) is 62.4 Å². The molecule has 0 saturated carbocycles. The molecule has 8 heteroatoms. The second-order valence-electron chi connectivity index (χ2n) is 7.50. The molecule has 1 heterocycles. The average Bonchev–Trinajstić information content (AvgIpc) is 2.72. The van der Waals surface area contributed by atoms with Crippen LogP contribution in [0.2, 0.25) is 10.0 Å². The molecule has 6 nitrogen and oxygen atoms in total. The summed E-state index contributed by atoms with van der Waals surface area (Å²) in [5, 5.41) is 3.76. The predicted molar refractivity (Wildman–Crippen MR) is 120 cm³/mol. The molecule has 1 aliphatic heterocycles. The van der Waals surface area contributed by atoms with Crippen LogP contribution in [0.4, 0.5) is 5.69 Å². The summed E-state index contributed by atoms with van der Waals surface area (Å²) >= 11 is 12.4. The number of carbonyl (C=O) groups excluding carboxylic acids is 2. The SMILES string of the molecule is Cc1cc(OCC(=O)Nc2cc(C(=O)N3CCN(C)CC3)ccc2Cl)cc(C)c1Cl. The van der Waals surface area contributed by atoms with E-state index in [0.717, 1.165) is 24.2 Å². The zero-order valence-corrected chi connectivity index (χ0v) is 18.8. The predicted octanol–water partition coefficient (Wildman–Crippen LogP) is 4.02. The molecule has 2 aromatic rings. The van der Waals surface area contributed by atoms with E-state index in [9.17, 15) is 9.59 Å². The van der Waals surface area contributed by atoms with Crippen molar-refractivity contribution in [3.63, 3.8) is 0 Å². The second kappa shape index (κ2) is 9.69. The zero-order chi connectivity index (χ0) is 21.8. The highest BCUT2D eigenvalue weighted by atomic mass is 35.5. The number of carbonyl (C=O) groups is 2. The van der Waals surface area contributed by atoms with Crippen LogP contribution in [0.1, 0.15) is 21.5 Å². The molecular weight excluding hydrogens is 425 g/mol. The van der Waals surface area contributed by atoms with Crippen LogP contribution in [-0.4, -0.2) is 61.4 Å². The van der Waals surface area contributed by atoms with Gasteiger partial charge in [-0.1, -0.05) is 23.2 Å². The van der Waals surface area contributed by atoms with Crippen LogP contribution in [0.15, 0.2) is 30.3 Å². The van der Waals surface area contributed by atoms with Gasteiger partial charge in [0.1, 0.15) is 5.75 Å². The van der Waals surface area contributed by atoms with Crippen molar-refractivity contribution in [2.24, 2.45) is 0 Å². The van der Waals surface area contributed by atoms with Gasteiger partial charge in [0.2, 0.25) is 0 Å². The van der Waals surface area contributed by atoms with Gasteiger partial charge in [0.25, 0.3) is 11.8 Å². The number of amides is 2. The number of benzene rings is 2. The van der Waals surface area contributed by atoms with E-state index in [0.29, 0.717) is 40.1 Å². The minimum Gasteiger partial charge on any atom is -0.484 e. The number of aryl methyl sites for hydroxylation is 2. The van der Waals surface area contributed by atoms with Gasteiger partial charge in [0.05, 0.1) is 10.7 Å². The fraction of sp³-hybridized carbons (Fsp3) is 0.364. The van der Waals surface area contributed by atoms with Gasteiger partial charge in [-0.2, -0.15) is 0 Å². The molecule has 0 bridgehead atoms. The third kappa shape index (κ3) is 5.45. The molecule has 160 valence electrons. The number of hydrogen-bond acceptors (Lipinski definition) is 4. The molecule has 0 spiro atoms. The van der Waals surface area contributed by atoms with E-state index >= 15 is 0 Å². The average molecular weight is 450 g/mol. The Labute approximate surface area is 186 Å². The Morgan fingerprint density at radius 1 is 1.03 bits per heavy atom. The van der Waals surface area contributed by atoms with E-state index in [1.165, 1.54) is 0 Å². The number of halogens is 2. The summed E-state index contributed by atoms with van der Waals surface area (Å²) in [7, 11) is 2.03. The van der Waals surface area contributed by atoms with Crippen LogP contribution in [0.5, 0.6) is 5.75 Å². The number of hydrogen-bond donors (Lipinski definition) is 1. The molecule has 1 N–H and O–H groups in total. The van der Waals surface area contributed by atoms with Crippen LogP contribution in [0.3, 0.4) is 0 Å². The summed E-state index contributed by atoms with van der Waals surface area (Å²) in [5.41, 5.74) is 2.63. The molecule has 0 atom stereocenters. The first-order valence-corrected chi connectivity index (χ1v) is 10.5. The van der Waals surface area contributed by atoms with Crippen molar-refractivity contribution >= 4 is 40.7 Å². The van der Waals surface area contributed by atoms with Crippen molar-refractivity contribution in [2.45, 2.75) is 13.8 Å². The maximum absolute atomic E-state index is 12.8. The van der Waals surface area contributed by atoms with E-state index in [4.69, 9.17) is 27.9 Å².